The average molecular weight is 213 g/mol. The van der Waals surface area contributed by atoms with Crippen LogP contribution in [0.4, 0.5) is 0 Å². The predicted molar refractivity (Wildman–Crippen MR) is 57.6 cm³/mol. The molecule has 0 N–H and O–H groups in total. The van der Waals surface area contributed by atoms with Crippen molar-refractivity contribution in [3.05, 3.63) is 23.7 Å². The highest BCUT2D eigenvalue weighted by Crippen LogP contribution is 2.11. The molecule has 4 heteroatoms. The van der Waals surface area contributed by atoms with Crippen molar-refractivity contribution in [3.63, 3.8) is 0 Å². The molecule has 0 atom stereocenters. The summed E-state index contributed by atoms with van der Waals surface area (Å²) in [6.45, 7) is 3.54. The molecule has 0 aromatic carbocycles. The summed E-state index contributed by atoms with van der Waals surface area (Å²) in [5.74, 6) is 0.966. The Morgan fingerprint density at radius 1 is 1.40 bits per heavy atom. The maximum Gasteiger partial charge on any atom is 0.169 e. The summed E-state index contributed by atoms with van der Waals surface area (Å²) >= 11 is 0. The topological polar surface area (TPSA) is 34.8 Å². The van der Waals surface area contributed by atoms with Crippen molar-refractivity contribution in [1.82, 2.24) is 4.90 Å². The molecule has 0 fully saturated rings. The van der Waals surface area contributed by atoms with Gasteiger partial charge in [-0.3, -0.25) is 4.90 Å². The lowest BCUT2D eigenvalue weighted by atomic mass is 10.2. The Kier molecular flexibility index (Phi) is 4.81. The third-order valence-corrected chi connectivity index (χ3v) is 2.39. The number of hydrogen-bond donors (Lipinski definition) is 0. The van der Waals surface area contributed by atoms with Crippen LogP contribution in [0, 0.1) is 6.92 Å². The first-order chi connectivity index (χ1) is 7.17. The van der Waals surface area contributed by atoms with Crippen LogP contribution in [0.3, 0.4) is 0 Å². The van der Waals surface area contributed by atoms with Crippen molar-refractivity contribution in [2.75, 3.05) is 27.8 Å². The van der Waals surface area contributed by atoms with Crippen LogP contribution < -0.4 is 0 Å². The summed E-state index contributed by atoms with van der Waals surface area (Å²) in [7, 11) is 5.31. The second kappa shape index (κ2) is 5.90. The number of nitrogens with zero attached hydrogens (tertiary/aromatic N) is 1. The molecule has 0 amide bonds. The van der Waals surface area contributed by atoms with Crippen molar-refractivity contribution in [3.8, 4) is 0 Å². The van der Waals surface area contributed by atoms with E-state index in [-0.39, 0.29) is 6.29 Å². The molecule has 0 aliphatic heterocycles. The molecule has 0 saturated carbocycles. The molecule has 1 aromatic rings. The number of aryl methyl sites for hydroxylation is 1. The quantitative estimate of drug-likeness (QED) is 0.673. The maximum atomic E-state index is 5.23. The minimum absolute atomic E-state index is 0.179. The van der Waals surface area contributed by atoms with Crippen LogP contribution in [-0.4, -0.2) is 39.0 Å². The number of furan rings is 1. The highest BCUT2D eigenvalue weighted by atomic mass is 16.7. The van der Waals surface area contributed by atoms with Crippen molar-refractivity contribution < 1.29 is 13.9 Å². The van der Waals surface area contributed by atoms with Crippen LogP contribution >= 0.6 is 0 Å². The van der Waals surface area contributed by atoms with Crippen molar-refractivity contribution in [1.29, 1.82) is 0 Å². The monoisotopic (exact) mass is 213 g/mol. The zero-order valence-electron chi connectivity index (χ0n) is 9.82. The van der Waals surface area contributed by atoms with Gasteiger partial charge in [-0.15, -0.1) is 0 Å². The Labute approximate surface area is 90.8 Å². The molecule has 0 bridgehead atoms. The maximum absolute atomic E-state index is 5.23. The second-order valence-corrected chi connectivity index (χ2v) is 3.60. The molecule has 0 spiro atoms. The summed E-state index contributed by atoms with van der Waals surface area (Å²) in [5, 5.41) is 0. The second-order valence-electron chi connectivity index (χ2n) is 3.60. The van der Waals surface area contributed by atoms with Crippen LogP contribution in [0.15, 0.2) is 16.7 Å². The first-order valence-corrected chi connectivity index (χ1v) is 4.94. The fourth-order valence-corrected chi connectivity index (χ4v) is 1.43. The van der Waals surface area contributed by atoms with Gasteiger partial charge in [0.25, 0.3) is 0 Å². The highest BCUT2D eigenvalue weighted by molar-refractivity contribution is 5.14. The molecule has 0 aliphatic carbocycles. The molecule has 1 rings (SSSR count). The fourth-order valence-electron chi connectivity index (χ4n) is 1.43. The van der Waals surface area contributed by atoms with Gasteiger partial charge in [0, 0.05) is 32.9 Å². The van der Waals surface area contributed by atoms with Gasteiger partial charge in [-0.2, -0.15) is 0 Å². The molecule has 1 aromatic heterocycles. The van der Waals surface area contributed by atoms with Crippen LogP contribution in [0.5, 0.6) is 0 Å². The molecule has 1 heterocycles. The van der Waals surface area contributed by atoms with E-state index in [0.29, 0.717) is 0 Å². The minimum atomic E-state index is -0.179. The predicted octanol–water partition coefficient (Wildman–Crippen LogP) is 1.64. The van der Waals surface area contributed by atoms with Gasteiger partial charge in [0.1, 0.15) is 5.76 Å². The Balaban J connectivity index is 2.42. The molecule has 0 aliphatic rings. The lowest BCUT2D eigenvalue weighted by Gasteiger charge is -2.21. The van der Waals surface area contributed by atoms with Crippen molar-refractivity contribution in [2.45, 2.75) is 19.8 Å². The molecule has 0 unspecified atom stereocenters. The molecule has 0 saturated heterocycles. The van der Waals surface area contributed by atoms with Crippen molar-refractivity contribution in [2.24, 2.45) is 0 Å². The number of ether oxygens (including phenoxy) is 2. The van der Waals surface area contributed by atoms with E-state index in [9.17, 15) is 0 Å². The molecule has 86 valence electrons. The molecular weight excluding hydrogens is 194 g/mol. The number of methoxy groups -OCH3 is 2. The number of likely N-dealkylation sites (N-methyl/N-ethyl adjacent to an activating group) is 1. The van der Waals surface area contributed by atoms with E-state index in [4.69, 9.17) is 13.9 Å². The van der Waals surface area contributed by atoms with E-state index in [0.717, 1.165) is 18.8 Å². The zero-order valence-corrected chi connectivity index (χ0v) is 9.82. The summed E-state index contributed by atoms with van der Waals surface area (Å²) in [4.78, 5) is 2.13. The van der Waals surface area contributed by atoms with Crippen LogP contribution in [-0.2, 0) is 16.0 Å². The number of rotatable bonds is 6. The van der Waals surface area contributed by atoms with Gasteiger partial charge in [-0.25, -0.2) is 0 Å². The Hall–Kier alpha value is -0.840. The van der Waals surface area contributed by atoms with Crippen LogP contribution in [0.25, 0.3) is 0 Å². The van der Waals surface area contributed by atoms with E-state index in [2.05, 4.69) is 4.90 Å². The van der Waals surface area contributed by atoms with Crippen molar-refractivity contribution >= 4 is 0 Å². The van der Waals surface area contributed by atoms with Gasteiger partial charge in [-0.1, -0.05) is 0 Å². The zero-order chi connectivity index (χ0) is 11.3. The summed E-state index contributed by atoms with van der Waals surface area (Å²) in [6.07, 6.45) is 1.53. The van der Waals surface area contributed by atoms with Gasteiger partial charge in [0.15, 0.2) is 6.29 Å². The highest BCUT2D eigenvalue weighted by Gasteiger charge is 2.11. The summed E-state index contributed by atoms with van der Waals surface area (Å²) in [5.41, 5.74) is 1.20. The fraction of sp³-hybridized carbons (Fsp3) is 0.636. The normalized spacial score (nSPS) is 11.6. The summed E-state index contributed by atoms with van der Waals surface area (Å²) in [6, 6.07) is 1.99. The smallest absolute Gasteiger partial charge is 0.169 e. The summed E-state index contributed by atoms with van der Waals surface area (Å²) < 4.78 is 15.5. The lowest BCUT2D eigenvalue weighted by molar-refractivity contribution is -0.114. The van der Waals surface area contributed by atoms with E-state index in [1.165, 1.54) is 5.56 Å². The average Bonchev–Trinajstić information content (AvgIpc) is 2.61. The Morgan fingerprint density at radius 3 is 2.53 bits per heavy atom. The molecule has 15 heavy (non-hydrogen) atoms. The lowest BCUT2D eigenvalue weighted by Crippen LogP contribution is -2.31. The Morgan fingerprint density at radius 2 is 2.07 bits per heavy atom. The number of hydrogen-bond acceptors (Lipinski definition) is 4. The van der Waals surface area contributed by atoms with E-state index < -0.39 is 0 Å². The molecular formula is C11H19NO3. The van der Waals surface area contributed by atoms with Gasteiger partial charge < -0.3 is 13.9 Å². The third-order valence-electron chi connectivity index (χ3n) is 2.39. The van der Waals surface area contributed by atoms with Gasteiger partial charge in [0.05, 0.1) is 6.26 Å². The molecule has 0 radical (unpaired) electrons. The largest absolute Gasteiger partial charge is 0.469 e. The van der Waals surface area contributed by atoms with Crippen LogP contribution in [0.1, 0.15) is 11.3 Å². The van der Waals surface area contributed by atoms with Crippen LogP contribution in [0.2, 0.25) is 0 Å². The Bertz CT molecular complexity index is 281. The van der Waals surface area contributed by atoms with E-state index in [1.807, 2.05) is 20.0 Å². The van der Waals surface area contributed by atoms with Gasteiger partial charge in [0.2, 0.25) is 0 Å². The molecule has 4 nitrogen and oxygen atoms in total. The first kappa shape index (κ1) is 12.2. The minimum Gasteiger partial charge on any atom is -0.469 e. The SMILES string of the molecule is COC(CN(C)Cc1ccoc1C)OC. The van der Waals surface area contributed by atoms with E-state index in [1.54, 1.807) is 20.5 Å². The van der Waals surface area contributed by atoms with E-state index >= 15 is 0 Å². The standard InChI is InChI=1S/C11H19NO3/c1-9-10(5-6-15-9)7-12(2)8-11(13-3)14-4/h5-6,11H,7-8H2,1-4H3. The van der Waals surface area contributed by atoms with Gasteiger partial charge in [-0.05, 0) is 20.0 Å². The first-order valence-electron chi connectivity index (χ1n) is 4.94. The van der Waals surface area contributed by atoms with Gasteiger partial charge >= 0.3 is 0 Å². The third kappa shape index (κ3) is 3.66.